The van der Waals surface area contributed by atoms with Gasteiger partial charge in [-0.15, -0.1) is 11.3 Å². The zero-order chi connectivity index (χ0) is 24.7. The van der Waals surface area contributed by atoms with Gasteiger partial charge >= 0.3 is 0 Å². The highest BCUT2D eigenvalue weighted by Gasteiger charge is 2.50. The van der Waals surface area contributed by atoms with Crippen molar-refractivity contribution in [3.8, 4) is 11.5 Å². The molecule has 3 heterocycles. The Labute approximate surface area is 206 Å². The van der Waals surface area contributed by atoms with E-state index in [2.05, 4.69) is 10.3 Å². The Bertz CT molecular complexity index is 1340. The van der Waals surface area contributed by atoms with Crippen LogP contribution in [-0.2, 0) is 11.2 Å². The Hall–Kier alpha value is -3.92. The Kier molecular flexibility index (Phi) is 5.89. The third-order valence-corrected chi connectivity index (χ3v) is 7.15. The van der Waals surface area contributed by atoms with Gasteiger partial charge in [0.25, 0.3) is 11.8 Å². The number of nitrogens with zero attached hydrogens (tertiary/aromatic N) is 3. The fourth-order valence-corrected chi connectivity index (χ4v) is 5.40. The second kappa shape index (κ2) is 9.03. The Morgan fingerprint density at radius 1 is 1.11 bits per heavy atom. The van der Waals surface area contributed by atoms with Crippen molar-refractivity contribution in [1.29, 1.82) is 0 Å². The standard InChI is InChI=1S/C25H24N4O5S/c1-14-13-35-20(27-14)10-11-26-19(30)12-28-23-16-8-9-18(33-2)22(34-3)21(16)25(32)29(23)17-7-5-4-6-15(17)24(28)31/h4-9,13,23H,10-12H2,1-3H3,(H,26,30). The van der Waals surface area contributed by atoms with Crippen molar-refractivity contribution >= 4 is 34.7 Å². The van der Waals surface area contributed by atoms with Crippen LogP contribution in [0.4, 0.5) is 5.69 Å². The van der Waals surface area contributed by atoms with E-state index in [0.717, 1.165) is 10.7 Å². The monoisotopic (exact) mass is 492 g/mol. The second-order valence-corrected chi connectivity index (χ2v) is 9.19. The lowest BCUT2D eigenvalue weighted by molar-refractivity contribution is -0.122. The van der Waals surface area contributed by atoms with Gasteiger partial charge in [0, 0.05) is 29.6 Å². The van der Waals surface area contributed by atoms with E-state index in [0.29, 0.717) is 46.8 Å². The van der Waals surface area contributed by atoms with E-state index in [-0.39, 0.29) is 24.3 Å². The van der Waals surface area contributed by atoms with Gasteiger partial charge < -0.3 is 19.7 Å². The van der Waals surface area contributed by atoms with Crippen molar-refractivity contribution in [3.05, 3.63) is 69.2 Å². The van der Waals surface area contributed by atoms with Crippen LogP contribution in [0.5, 0.6) is 11.5 Å². The van der Waals surface area contributed by atoms with Gasteiger partial charge in [-0.1, -0.05) is 18.2 Å². The van der Waals surface area contributed by atoms with Gasteiger partial charge in [0.2, 0.25) is 5.91 Å². The van der Waals surface area contributed by atoms with Crippen LogP contribution in [0.1, 0.15) is 43.1 Å². The van der Waals surface area contributed by atoms with Crippen LogP contribution in [0.25, 0.3) is 0 Å². The summed E-state index contributed by atoms with van der Waals surface area (Å²) in [6.45, 7) is 2.13. The number of hydrogen-bond donors (Lipinski definition) is 1. The number of para-hydroxylation sites is 1. The molecule has 1 aromatic heterocycles. The summed E-state index contributed by atoms with van der Waals surface area (Å²) in [7, 11) is 2.97. The average Bonchev–Trinajstić information content (AvgIpc) is 3.41. The zero-order valence-electron chi connectivity index (χ0n) is 19.5. The molecule has 0 saturated heterocycles. The van der Waals surface area contributed by atoms with Crippen LogP contribution in [0, 0.1) is 6.92 Å². The number of ether oxygens (including phenoxy) is 2. The molecule has 0 aliphatic carbocycles. The van der Waals surface area contributed by atoms with Gasteiger partial charge in [-0.2, -0.15) is 0 Å². The fourth-order valence-electron chi connectivity index (χ4n) is 4.62. The number of methoxy groups -OCH3 is 2. The molecule has 5 rings (SSSR count). The minimum atomic E-state index is -0.771. The molecule has 3 amide bonds. The molecule has 3 aromatic rings. The van der Waals surface area contributed by atoms with Gasteiger partial charge in [0.15, 0.2) is 11.5 Å². The molecule has 9 nitrogen and oxygen atoms in total. The van der Waals surface area contributed by atoms with Crippen molar-refractivity contribution in [2.24, 2.45) is 0 Å². The molecule has 180 valence electrons. The van der Waals surface area contributed by atoms with E-state index in [1.54, 1.807) is 52.6 Å². The van der Waals surface area contributed by atoms with Crippen molar-refractivity contribution in [2.45, 2.75) is 19.5 Å². The minimum absolute atomic E-state index is 0.202. The molecule has 1 unspecified atom stereocenters. The number of carbonyl (C=O) groups is 3. The minimum Gasteiger partial charge on any atom is -0.493 e. The first-order valence-corrected chi connectivity index (χ1v) is 12.0. The SMILES string of the molecule is COc1ccc2c(c1OC)C(=O)N1c3ccccc3C(=O)N(CC(=O)NCCc3nc(C)cs3)C21. The summed E-state index contributed by atoms with van der Waals surface area (Å²) in [6.07, 6.45) is -0.165. The first kappa shape index (κ1) is 22.9. The number of anilines is 1. The highest BCUT2D eigenvalue weighted by atomic mass is 32.1. The number of benzene rings is 2. The highest BCUT2D eigenvalue weighted by molar-refractivity contribution is 7.09. The summed E-state index contributed by atoms with van der Waals surface area (Å²) in [5.41, 5.74) is 2.72. The lowest BCUT2D eigenvalue weighted by atomic mass is 10.0. The summed E-state index contributed by atoms with van der Waals surface area (Å²) >= 11 is 1.55. The van der Waals surface area contributed by atoms with E-state index in [1.807, 2.05) is 12.3 Å². The molecule has 0 fully saturated rings. The predicted octanol–water partition coefficient (Wildman–Crippen LogP) is 2.94. The largest absolute Gasteiger partial charge is 0.493 e. The van der Waals surface area contributed by atoms with Gasteiger partial charge in [0.05, 0.1) is 36.0 Å². The highest BCUT2D eigenvalue weighted by Crippen LogP contribution is 2.49. The Morgan fingerprint density at radius 3 is 2.63 bits per heavy atom. The molecular weight excluding hydrogens is 468 g/mol. The molecule has 2 aliphatic heterocycles. The van der Waals surface area contributed by atoms with Crippen LogP contribution in [0.15, 0.2) is 41.8 Å². The molecule has 0 radical (unpaired) electrons. The number of thiazole rings is 1. The lowest BCUT2D eigenvalue weighted by Gasteiger charge is -2.40. The van der Waals surface area contributed by atoms with Gasteiger partial charge in [0.1, 0.15) is 12.7 Å². The normalized spacial score (nSPS) is 16.0. The van der Waals surface area contributed by atoms with Crippen LogP contribution in [0.3, 0.4) is 0 Å². The molecule has 1 N–H and O–H groups in total. The van der Waals surface area contributed by atoms with Gasteiger partial charge in [-0.25, -0.2) is 4.98 Å². The number of nitrogens with one attached hydrogen (secondary N) is 1. The molecule has 0 spiro atoms. The predicted molar refractivity (Wildman–Crippen MR) is 130 cm³/mol. The maximum atomic E-state index is 13.7. The average molecular weight is 493 g/mol. The summed E-state index contributed by atoms with van der Waals surface area (Å²) < 4.78 is 10.9. The van der Waals surface area contributed by atoms with Crippen LogP contribution >= 0.6 is 11.3 Å². The third-order valence-electron chi connectivity index (χ3n) is 6.12. The molecule has 1 atom stereocenters. The maximum absolute atomic E-state index is 13.7. The van der Waals surface area contributed by atoms with E-state index in [1.165, 1.54) is 19.1 Å². The number of amides is 3. The summed E-state index contributed by atoms with van der Waals surface area (Å²) in [5, 5.41) is 5.78. The molecule has 2 aliphatic rings. The molecule has 35 heavy (non-hydrogen) atoms. The fraction of sp³-hybridized carbons (Fsp3) is 0.280. The second-order valence-electron chi connectivity index (χ2n) is 8.25. The number of carbonyl (C=O) groups excluding carboxylic acids is 3. The summed E-state index contributed by atoms with van der Waals surface area (Å²) in [6, 6.07) is 10.4. The third kappa shape index (κ3) is 3.79. The number of fused-ring (bicyclic) bond motifs is 5. The quantitative estimate of drug-likeness (QED) is 0.544. The molecule has 10 heteroatoms. The maximum Gasteiger partial charge on any atom is 0.264 e. The van der Waals surface area contributed by atoms with Crippen molar-refractivity contribution in [3.63, 3.8) is 0 Å². The van der Waals surface area contributed by atoms with E-state index >= 15 is 0 Å². The van der Waals surface area contributed by atoms with Crippen LogP contribution in [0.2, 0.25) is 0 Å². The number of hydrogen-bond acceptors (Lipinski definition) is 7. The first-order valence-electron chi connectivity index (χ1n) is 11.1. The molecule has 0 saturated carbocycles. The van der Waals surface area contributed by atoms with Crippen molar-refractivity contribution in [1.82, 2.24) is 15.2 Å². The zero-order valence-corrected chi connectivity index (χ0v) is 20.3. The number of rotatable bonds is 7. The van der Waals surface area contributed by atoms with E-state index < -0.39 is 6.17 Å². The molecular formula is C25H24N4O5S. The Morgan fingerprint density at radius 2 is 1.91 bits per heavy atom. The summed E-state index contributed by atoms with van der Waals surface area (Å²) in [5.74, 6) is -0.223. The van der Waals surface area contributed by atoms with Gasteiger partial charge in [-0.05, 0) is 25.1 Å². The van der Waals surface area contributed by atoms with Crippen LogP contribution in [-0.4, -0.2) is 54.9 Å². The summed E-state index contributed by atoms with van der Waals surface area (Å²) in [4.78, 5) is 47.5. The number of aromatic nitrogens is 1. The topological polar surface area (TPSA) is 101 Å². The van der Waals surface area contributed by atoms with Gasteiger partial charge in [-0.3, -0.25) is 19.3 Å². The van der Waals surface area contributed by atoms with E-state index in [4.69, 9.17) is 9.47 Å². The lowest BCUT2D eigenvalue weighted by Crippen LogP contribution is -2.51. The molecule has 2 aromatic carbocycles. The first-order chi connectivity index (χ1) is 16.9. The van der Waals surface area contributed by atoms with E-state index in [9.17, 15) is 14.4 Å². The Balaban J connectivity index is 1.47. The molecule has 0 bridgehead atoms. The smallest absolute Gasteiger partial charge is 0.264 e. The van der Waals surface area contributed by atoms with Crippen molar-refractivity contribution in [2.75, 3.05) is 32.2 Å². The van der Waals surface area contributed by atoms with Crippen LogP contribution < -0.4 is 19.7 Å². The van der Waals surface area contributed by atoms with Crippen molar-refractivity contribution < 1.29 is 23.9 Å². The number of aryl methyl sites for hydroxylation is 1.